The molecular weight excluding hydrogens is 302 g/mol. The lowest BCUT2D eigenvalue weighted by molar-refractivity contribution is -0.116. The number of hydrogen-bond donors (Lipinski definition) is 1. The van der Waals surface area contributed by atoms with Crippen LogP contribution in [0.15, 0.2) is 54.9 Å². The first kappa shape index (κ1) is 16.0. The highest BCUT2D eigenvalue weighted by molar-refractivity contribution is 7.92. The summed E-state index contributed by atoms with van der Waals surface area (Å²) in [5.41, 5.74) is 0.958. The summed E-state index contributed by atoms with van der Waals surface area (Å²) >= 11 is 0. The van der Waals surface area contributed by atoms with Crippen LogP contribution in [0.4, 0.5) is 11.4 Å². The van der Waals surface area contributed by atoms with Crippen molar-refractivity contribution in [2.24, 2.45) is 0 Å². The van der Waals surface area contributed by atoms with Crippen molar-refractivity contribution in [1.82, 2.24) is 4.98 Å². The number of nitrogens with zero attached hydrogens (tertiary/aromatic N) is 2. The average Bonchev–Trinajstić information content (AvgIpc) is 2.48. The lowest BCUT2D eigenvalue weighted by Gasteiger charge is -2.28. The number of rotatable bonds is 5. The fourth-order valence-corrected chi connectivity index (χ4v) is 3.24. The zero-order valence-corrected chi connectivity index (χ0v) is 13.1. The average molecular weight is 319 g/mol. The molecule has 22 heavy (non-hydrogen) atoms. The standard InChI is InChI=1S/C15H17N3O3S/c1-12(15(19)17-13-7-6-10-16-11-13)18(22(2,20)21)14-8-4-3-5-9-14/h3-12H,1-2H3,(H,17,19)/t12-/m1/s1. The first-order chi connectivity index (χ1) is 10.4. The molecule has 0 unspecified atom stereocenters. The van der Waals surface area contributed by atoms with Gasteiger partial charge < -0.3 is 5.32 Å². The molecule has 0 aliphatic heterocycles. The summed E-state index contributed by atoms with van der Waals surface area (Å²) in [7, 11) is -3.60. The number of carbonyl (C=O) groups excluding carboxylic acids is 1. The molecule has 0 spiro atoms. The number of amides is 1. The minimum absolute atomic E-state index is 0.428. The van der Waals surface area contributed by atoms with Crippen LogP contribution in [0.25, 0.3) is 0 Å². The number of sulfonamides is 1. The molecule has 0 aliphatic carbocycles. The van der Waals surface area contributed by atoms with Crippen LogP contribution in [0, 0.1) is 0 Å². The van der Waals surface area contributed by atoms with Crippen molar-refractivity contribution in [3.8, 4) is 0 Å². The first-order valence-electron chi connectivity index (χ1n) is 6.65. The predicted octanol–water partition coefficient (Wildman–Crippen LogP) is 1.87. The quantitative estimate of drug-likeness (QED) is 0.912. The van der Waals surface area contributed by atoms with Crippen LogP contribution in [-0.2, 0) is 14.8 Å². The largest absolute Gasteiger partial charge is 0.323 e. The van der Waals surface area contributed by atoms with Gasteiger partial charge in [0.1, 0.15) is 6.04 Å². The number of pyridine rings is 1. The molecule has 2 rings (SSSR count). The summed E-state index contributed by atoms with van der Waals surface area (Å²) in [5, 5.41) is 2.66. The molecule has 7 heteroatoms. The summed E-state index contributed by atoms with van der Waals surface area (Å²) in [6.07, 6.45) is 4.16. The van der Waals surface area contributed by atoms with E-state index in [0.717, 1.165) is 10.6 Å². The zero-order chi connectivity index (χ0) is 16.2. The summed E-state index contributed by atoms with van der Waals surface area (Å²) in [4.78, 5) is 16.2. The Morgan fingerprint density at radius 2 is 1.86 bits per heavy atom. The van der Waals surface area contributed by atoms with Crippen molar-refractivity contribution in [1.29, 1.82) is 0 Å². The van der Waals surface area contributed by atoms with Gasteiger partial charge in [0.2, 0.25) is 15.9 Å². The molecule has 0 radical (unpaired) electrons. The minimum Gasteiger partial charge on any atom is -0.323 e. The van der Waals surface area contributed by atoms with Gasteiger partial charge >= 0.3 is 0 Å². The molecule has 0 bridgehead atoms. The van der Waals surface area contributed by atoms with Gasteiger partial charge in [0.05, 0.1) is 23.8 Å². The van der Waals surface area contributed by atoms with E-state index >= 15 is 0 Å². The maximum atomic E-state index is 12.3. The van der Waals surface area contributed by atoms with E-state index < -0.39 is 22.0 Å². The van der Waals surface area contributed by atoms with Crippen LogP contribution < -0.4 is 9.62 Å². The molecule has 0 saturated heterocycles. The van der Waals surface area contributed by atoms with Crippen LogP contribution in [0.3, 0.4) is 0 Å². The van der Waals surface area contributed by atoms with Gasteiger partial charge in [-0.15, -0.1) is 0 Å². The molecule has 1 aromatic carbocycles. The number of aromatic nitrogens is 1. The van der Waals surface area contributed by atoms with E-state index in [1.807, 2.05) is 0 Å². The number of benzene rings is 1. The van der Waals surface area contributed by atoms with Gasteiger partial charge in [0, 0.05) is 6.20 Å². The zero-order valence-electron chi connectivity index (χ0n) is 12.3. The number of anilines is 2. The van der Waals surface area contributed by atoms with E-state index in [1.165, 1.54) is 6.20 Å². The molecule has 0 fully saturated rings. The topological polar surface area (TPSA) is 79.4 Å². The van der Waals surface area contributed by atoms with E-state index in [4.69, 9.17) is 0 Å². The summed E-state index contributed by atoms with van der Waals surface area (Å²) in [6.45, 7) is 1.54. The van der Waals surface area contributed by atoms with Gasteiger partial charge in [-0.2, -0.15) is 0 Å². The molecule has 1 atom stereocenters. The lowest BCUT2D eigenvalue weighted by atomic mass is 10.2. The van der Waals surface area contributed by atoms with Crippen molar-refractivity contribution in [2.45, 2.75) is 13.0 Å². The smallest absolute Gasteiger partial charge is 0.248 e. The Kier molecular flexibility index (Phi) is 4.77. The van der Waals surface area contributed by atoms with Crippen molar-refractivity contribution in [2.75, 3.05) is 15.9 Å². The third-order valence-corrected chi connectivity index (χ3v) is 4.27. The SMILES string of the molecule is C[C@H](C(=O)Nc1cccnc1)N(c1ccccc1)S(C)(=O)=O. The van der Waals surface area contributed by atoms with Crippen molar-refractivity contribution in [3.63, 3.8) is 0 Å². The van der Waals surface area contributed by atoms with Crippen molar-refractivity contribution < 1.29 is 13.2 Å². The van der Waals surface area contributed by atoms with Crippen LogP contribution >= 0.6 is 0 Å². The Labute approximate surface area is 129 Å². The number of carbonyl (C=O) groups is 1. The normalized spacial score (nSPS) is 12.5. The number of hydrogen-bond acceptors (Lipinski definition) is 4. The maximum Gasteiger partial charge on any atom is 0.248 e. The van der Waals surface area contributed by atoms with Gasteiger partial charge in [0.25, 0.3) is 0 Å². The summed E-state index contributed by atoms with van der Waals surface area (Å²) in [6, 6.07) is 11.0. The molecule has 0 saturated carbocycles. The van der Waals surface area contributed by atoms with Crippen LogP contribution in [0.5, 0.6) is 0 Å². The highest BCUT2D eigenvalue weighted by Gasteiger charge is 2.28. The highest BCUT2D eigenvalue weighted by Crippen LogP contribution is 2.20. The van der Waals surface area contributed by atoms with Gasteiger partial charge in [-0.1, -0.05) is 18.2 Å². The molecule has 116 valence electrons. The van der Waals surface area contributed by atoms with E-state index in [9.17, 15) is 13.2 Å². The van der Waals surface area contributed by atoms with Gasteiger partial charge in [-0.05, 0) is 31.2 Å². The van der Waals surface area contributed by atoms with E-state index in [-0.39, 0.29) is 0 Å². The molecule has 0 aliphatic rings. The van der Waals surface area contributed by atoms with Crippen LogP contribution in [0.1, 0.15) is 6.92 Å². The molecule has 1 heterocycles. The third kappa shape index (κ3) is 3.82. The highest BCUT2D eigenvalue weighted by atomic mass is 32.2. The number of para-hydroxylation sites is 1. The Bertz CT molecular complexity index is 733. The first-order valence-corrected chi connectivity index (χ1v) is 8.50. The van der Waals surface area contributed by atoms with Crippen LogP contribution in [-0.4, -0.2) is 31.6 Å². The second-order valence-electron chi connectivity index (χ2n) is 4.80. The maximum absolute atomic E-state index is 12.3. The fraction of sp³-hybridized carbons (Fsp3) is 0.200. The Morgan fingerprint density at radius 1 is 1.18 bits per heavy atom. The second-order valence-corrected chi connectivity index (χ2v) is 6.66. The van der Waals surface area contributed by atoms with E-state index in [2.05, 4.69) is 10.3 Å². The van der Waals surface area contributed by atoms with E-state index in [1.54, 1.807) is 55.6 Å². The Balaban J connectivity index is 2.27. The minimum atomic E-state index is -3.60. The van der Waals surface area contributed by atoms with Gasteiger partial charge in [0.15, 0.2) is 0 Å². The third-order valence-electron chi connectivity index (χ3n) is 3.03. The lowest BCUT2D eigenvalue weighted by Crippen LogP contribution is -2.45. The molecule has 6 nitrogen and oxygen atoms in total. The number of nitrogens with one attached hydrogen (secondary N) is 1. The van der Waals surface area contributed by atoms with Gasteiger partial charge in [-0.3, -0.25) is 14.1 Å². The monoisotopic (exact) mass is 319 g/mol. The van der Waals surface area contributed by atoms with Crippen molar-refractivity contribution >= 4 is 27.3 Å². The van der Waals surface area contributed by atoms with E-state index in [0.29, 0.717) is 11.4 Å². The Morgan fingerprint density at radius 3 is 2.41 bits per heavy atom. The van der Waals surface area contributed by atoms with Crippen LogP contribution in [0.2, 0.25) is 0 Å². The Hall–Kier alpha value is -2.41. The van der Waals surface area contributed by atoms with Gasteiger partial charge in [-0.25, -0.2) is 8.42 Å². The van der Waals surface area contributed by atoms with Crippen molar-refractivity contribution in [3.05, 3.63) is 54.9 Å². The molecule has 1 aromatic heterocycles. The molecular formula is C15H17N3O3S. The molecule has 2 aromatic rings. The predicted molar refractivity (Wildman–Crippen MR) is 86.1 cm³/mol. The fourth-order valence-electron chi connectivity index (χ4n) is 2.07. The summed E-state index contributed by atoms with van der Waals surface area (Å²) < 4.78 is 25.2. The summed E-state index contributed by atoms with van der Waals surface area (Å²) in [5.74, 6) is -0.428. The molecule has 1 amide bonds. The molecule has 1 N–H and O–H groups in total. The second kappa shape index (κ2) is 6.57.